The number of hydrogen-bond acceptors (Lipinski definition) is 0. The van der Waals surface area contributed by atoms with Crippen LogP contribution in [0.3, 0.4) is 0 Å². The summed E-state index contributed by atoms with van der Waals surface area (Å²) in [4.78, 5) is 0. The number of para-hydroxylation sites is 4. The van der Waals surface area contributed by atoms with Crippen LogP contribution >= 0.6 is 15.6 Å². The first-order valence-corrected chi connectivity index (χ1v) is 16.4. The van der Waals surface area contributed by atoms with Gasteiger partial charge in [0.25, 0.3) is 0 Å². The molecule has 0 unspecified atom stereocenters. The molecule has 2 aromatic heterocycles. The Morgan fingerprint density at radius 3 is 0.682 bits per heavy atom. The first kappa shape index (κ1) is 33.1. The quantitative estimate of drug-likeness (QED) is 0.0709. The number of halogens is 12. The standard InChI is InChI=1S/C28H22N2.2F6P/c1-29-23-15-7-3-11-19(23)27(20-12-4-8-16-24(20)29)28-21-13-5-9-17-25(21)30(2)26-18-10-6-14-22(26)28;2*1-7(2,3,4,5)6/h3-18H,1-2H3;;/q+2;2*-1. The second-order valence-electron chi connectivity index (χ2n) is 9.85. The molecular formula is C28H22F12N2P2. The van der Waals surface area contributed by atoms with Gasteiger partial charge in [0.15, 0.2) is 0 Å². The van der Waals surface area contributed by atoms with Gasteiger partial charge in [0.05, 0.1) is 21.5 Å². The molecule has 6 rings (SSSR count). The number of fused-ring (bicyclic) bond motifs is 4. The number of pyridine rings is 2. The molecule has 0 radical (unpaired) electrons. The zero-order chi connectivity index (χ0) is 33.1. The first-order valence-electron chi connectivity index (χ1n) is 12.4. The van der Waals surface area contributed by atoms with Crippen molar-refractivity contribution in [2.24, 2.45) is 14.1 Å². The molecular weight excluding hydrogens is 654 g/mol. The third kappa shape index (κ3) is 9.12. The Bertz CT molecular complexity index is 1790. The zero-order valence-corrected chi connectivity index (χ0v) is 24.4. The summed E-state index contributed by atoms with van der Waals surface area (Å²) in [7, 11) is -17.0. The fourth-order valence-corrected chi connectivity index (χ4v) is 5.00. The van der Waals surface area contributed by atoms with E-state index in [4.69, 9.17) is 0 Å². The third-order valence-electron chi connectivity index (χ3n) is 6.39. The van der Waals surface area contributed by atoms with Crippen molar-refractivity contribution in [2.45, 2.75) is 0 Å². The molecule has 0 amide bonds. The monoisotopic (exact) mass is 676 g/mol. The van der Waals surface area contributed by atoms with Crippen molar-refractivity contribution < 1.29 is 59.5 Å². The van der Waals surface area contributed by atoms with Gasteiger partial charge >= 0.3 is 66.0 Å². The average Bonchev–Trinajstić information content (AvgIpc) is 2.87. The molecule has 2 nitrogen and oxygen atoms in total. The predicted molar refractivity (Wildman–Crippen MR) is 151 cm³/mol. The second kappa shape index (κ2) is 9.37. The van der Waals surface area contributed by atoms with Gasteiger partial charge in [-0.1, -0.05) is 48.5 Å². The summed E-state index contributed by atoms with van der Waals surface area (Å²) in [6, 6.07) is 35.0. The van der Waals surface area contributed by atoms with E-state index < -0.39 is 15.6 Å². The maximum absolute atomic E-state index is 10.7. The van der Waals surface area contributed by atoms with Gasteiger partial charge in [0.2, 0.25) is 22.1 Å². The Labute approximate surface area is 241 Å². The number of nitrogens with zero attached hydrogens (tertiary/aromatic N) is 2. The molecule has 0 saturated heterocycles. The summed E-state index contributed by atoms with van der Waals surface area (Å²) < 4.78 is 123. The van der Waals surface area contributed by atoms with Crippen LogP contribution in [0, 0.1) is 0 Å². The van der Waals surface area contributed by atoms with Crippen LogP contribution in [0.1, 0.15) is 0 Å². The van der Waals surface area contributed by atoms with Crippen LogP contribution in [0.15, 0.2) is 97.1 Å². The molecule has 0 aliphatic rings. The van der Waals surface area contributed by atoms with Gasteiger partial charge in [-0.15, -0.1) is 0 Å². The van der Waals surface area contributed by atoms with Crippen LogP contribution in [-0.2, 0) is 14.1 Å². The van der Waals surface area contributed by atoms with Gasteiger partial charge in [-0.25, -0.2) is 0 Å². The van der Waals surface area contributed by atoms with Crippen LogP contribution in [-0.4, -0.2) is 0 Å². The van der Waals surface area contributed by atoms with Crippen LogP contribution in [0.25, 0.3) is 54.7 Å². The van der Waals surface area contributed by atoms with Crippen molar-refractivity contribution >= 4 is 59.2 Å². The third-order valence-corrected chi connectivity index (χ3v) is 6.39. The van der Waals surface area contributed by atoms with Gasteiger partial charge in [0.1, 0.15) is 14.1 Å². The van der Waals surface area contributed by atoms with Crippen molar-refractivity contribution in [3.8, 4) is 11.1 Å². The number of rotatable bonds is 1. The molecule has 44 heavy (non-hydrogen) atoms. The van der Waals surface area contributed by atoms with Crippen LogP contribution in [0.2, 0.25) is 0 Å². The van der Waals surface area contributed by atoms with Gasteiger partial charge in [-0.3, -0.25) is 0 Å². The Balaban J connectivity index is 0.000000265. The number of aryl methyl sites for hydroxylation is 2. The minimum atomic E-state index is -10.7. The van der Waals surface area contributed by atoms with E-state index >= 15 is 0 Å². The zero-order valence-electron chi connectivity index (χ0n) is 22.6. The van der Waals surface area contributed by atoms with Crippen molar-refractivity contribution in [2.75, 3.05) is 0 Å². The fourth-order valence-electron chi connectivity index (χ4n) is 5.00. The van der Waals surface area contributed by atoms with Crippen molar-refractivity contribution in [3.63, 3.8) is 0 Å². The van der Waals surface area contributed by atoms with E-state index in [0.717, 1.165) is 0 Å². The summed E-state index contributed by atoms with van der Waals surface area (Å²) in [6.07, 6.45) is 0. The second-order valence-corrected chi connectivity index (χ2v) is 13.7. The average molecular weight is 676 g/mol. The van der Waals surface area contributed by atoms with Gasteiger partial charge in [-0.2, -0.15) is 9.13 Å². The van der Waals surface area contributed by atoms with E-state index in [9.17, 15) is 50.4 Å². The van der Waals surface area contributed by atoms with Crippen molar-refractivity contribution in [3.05, 3.63) is 97.1 Å². The van der Waals surface area contributed by atoms with Gasteiger partial charge in [0, 0.05) is 35.4 Å². The van der Waals surface area contributed by atoms with E-state index in [0.29, 0.717) is 0 Å². The molecule has 0 saturated carbocycles. The van der Waals surface area contributed by atoms with E-state index in [1.54, 1.807) is 0 Å². The maximum atomic E-state index is 9.87. The van der Waals surface area contributed by atoms with E-state index in [-0.39, 0.29) is 0 Å². The number of hydrogen-bond donors (Lipinski definition) is 0. The molecule has 0 N–H and O–H groups in total. The Morgan fingerprint density at radius 1 is 0.341 bits per heavy atom. The molecule has 16 heteroatoms. The Kier molecular flexibility index (Phi) is 7.06. The Hall–Kier alpha value is -3.76. The normalized spacial score (nSPS) is 15.3. The SMILES string of the molecule is C[n+]1c2ccccc2c(-c2c3ccccc3[n+](C)c3ccccc23)c2ccccc21.F[P-](F)(F)(F)(F)F.F[P-](F)(F)(F)(F)F. The van der Waals surface area contributed by atoms with Gasteiger partial charge < -0.3 is 0 Å². The molecule has 0 aliphatic carbocycles. The van der Waals surface area contributed by atoms with Crippen molar-refractivity contribution in [1.82, 2.24) is 0 Å². The molecule has 4 aromatic carbocycles. The summed E-state index contributed by atoms with van der Waals surface area (Å²) in [5.74, 6) is 0. The van der Waals surface area contributed by atoms with Gasteiger partial charge in [-0.05, 0) is 24.3 Å². The first-order chi connectivity index (χ1) is 19.7. The summed E-state index contributed by atoms with van der Waals surface area (Å²) >= 11 is 0. The predicted octanol–water partition coefficient (Wildman–Crippen LogP) is 12.4. The fraction of sp³-hybridized carbons (Fsp3) is 0.0714. The van der Waals surface area contributed by atoms with Crippen molar-refractivity contribution in [1.29, 1.82) is 0 Å². The molecule has 0 aliphatic heterocycles. The summed E-state index contributed by atoms with van der Waals surface area (Å²) in [5.41, 5.74) is 7.60. The van der Waals surface area contributed by atoms with Crippen LogP contribution < -0.4 is 9.13 Å². The molecule has 0 fully saturated rings. The molecule has 0 spiro atoms. The van der Waals surface area contributed by atoms with E-state index in [1.807, 2.05) is 0 Å². The summed E-state index contributed by atoms with van der Waals surface area (Å²) in [6.45, 7) is 0. The topological polar surface area (TPSA) is 7.76 Å². The Morgan fingerprint density at radius 2 is 0.500 bits per heavy atom. The van der Waals surface area contributed by atoms with E-state index in [1.165, 1.54) is 54.7 Å². The van der Waals surface area contributed by atoms with Crippen LogP contribution in [0.4, 0.5) is 50.4 Å². The molecule has 0 atom stereocenters. The van der Waals surface area contributed by atoms with E-state index in [2.05, 4.69) is 120 Å². The number of benzene rings is 4. The molecule has 0 bridgehead atoms. The summed E-state index contributed by atoms with van der Waals surface area (Å²) in [5, 5.41) is 5.12. The number of aromatic nitrogens is 2. The molecule has 6 aromatic rings. The molecule has 238 valence electrons. The van der Waals surface area contributed by atoms with Crippen LogP contribution in [0.5, 0.6) is 0 Å². The minimum absolute atomic E-state index is 1.24. The molecule has 2 heterocycles.